The van der Waals surface area contributed by atoms with Crippen molar-refractivity contribution in [2.75, 3.05) is 7.05 Å². The van der Waals surface area contributed by atoms with Crippen molar-refractivity contribution >= 4 is 5.91 Å². The lowest BCUT2D eigenvalue weighted by molar-refractivity contribution is -0.132. The molecule has 0 radical (unpaired) electrons. The van der Waals surface area contributed by atoms with Gasteiger partial charge >= 0.3 is 0 Å². The van der Waals surface area contributed by atoms with Crippen molar-refractivity contribution in [1.29, 1.82) is 0 Å². The Morgan fingerprint density at radius 2 is 2.22 bits per heavy atom. The first-order valence-corrected chi connectivity index (χ1v) is 6.42. The normalized spacial score (nSPS) is 15.8. The molecule has 0 aromatic carbocycles. The summed E-state index contributed by atoms with van der Waals surface area (Å²) in [5.74, 6) is 1.98. The number of nitrogens with zero attached hydrogens (tertiary/aromatic N) is 4. The molecule has 100 valence electrons. The van der Waals surface area contributed by atoms with Crippen molar-refractivity contribution in [1.82, 2.24) is 19.7 Å². The van der Waals surface area contributed by atoms with E-state index in [1.165, 1.54) is 0 Å². The van der Waals surface area contributed by atoms with Crippen LogP contribution < -0.4 is 5.73 Å². The highest BCUT2D eigenvalue weighted by atomic mass is 16.2. The minimum atomic E-state index is -0.448. The molecule has 0 fully saturated rings. The molecule has 2 rings (SSSR count). The summed E-state index contributed by atoms with van der Waals surface area (Å²) >= 11 is 0. The van der Waals surface area contributed by atoms with Crippen molar-refractivity contribution in [3.8, 4) is 0 Å². The van der Waals surface area contributed by atoms with E-state index in [0.29, 0.717) is 6.54 Å². The number of hydrogen-bond donors (Lipinski definition) is 1. The van der Waals surface area contributed by atoms with Crippen LogP contribution in [0.1, 0.15) is 31.9 Å². The monoisotopic (exact) mass is 251 g/mol. The molecule has 1 aliphatic heterocycles. The summed E-state index contributed by atoms with van der Waals surface area (Å²) in [4.78, 5) is 13.7. The van der Waals surface area contributed by atoms with Gasteiger partial charge in [-0.25, -0.2) is 0 Å². The van der Waals surface area contributed by atoms with Crippen LogP contribution in [0.2, 0.25) is 0 Å². The summed E-state index contributed by atoms with van der Waals surface area (Å²) in [5, 5.41) is 8.28. The van der Waals surface area contributed by atoms with Crippen LogP contribution in [-0.2, 0) is 24.3 Å². The number of hydrogen-bond acceptors (Lipinski definition) is 4. The largest absolute Gasteiger partial charge is 0.337 e. The van der Waals surface area contributed by atoms with Crippen LogP contribution in [-0.4, -0.2) is 38.7 Å². The fourth-order valence-corrected chi connectivity index (χ4v) is 2.16. The van der Waals surface area contributed by atoms with E-state index < -0.39 is 6.04 Å². The van der Waals surface area contributed by atoms with Gasteiger partial charge in [0.2, 0.25) is 5.91 Å². The summed E-state index contributed by atoms with van der Waals surface area (Å²) in [7, 11) is 1.77. The third kappa shape index (κ3) is 2.38. The third-order valence-electron chi connectivity index (χ3n) is 3.44. The zero-order valence-corrected chi connectivity index (χ0v) is 11.3. The highest BCUT2D eigenvalue weighted by Crippen LogP contribution is 2.15. The first kappa shape index (κ1) is 13.0. The summed E-state index contributed by atoms with van der Waals surface area (Å²) in [6.45, 7) is 5.33. The van der Waals surface area contributed by atoms with Gasteiger partial charge in [-0.3, -0.25) is 4.79 Å². The molecule has 6 heteroatoms. The van der Waals surface area contributed by atoms with Gasteiger partial charge in [0.05, 0.1) is 12.6 Å². The van der Waals surface area contributed by atoms with Gasteiger partial charge in [-0.15, -0.1) is 10.2 Å². The predicted octanol–water partition coefficient (Wildman–Crippen LogP) is 0.166. The van der Waals surface area contributed by atoms with Gasteiger partial charge in [0.25, 0.3) is 0 Å². The number of carbonyl (C=O) groups is 1. The van der Waals surface area contributed by atoms with E-state index in [-0.39, 0.29) is 11.8 Å². The molecular formula is C12H21N5O. The maximum absolute atomic E-state index is 12.1. The lowest BCUT2D eigenvalue weighted by Gasteiger charge is -2.23. The number of aryl methyl sites for hydroxylation is 1. The maximum atomic E-state index is 12.1. The lowest BCUT2D eigenvalue weighted by atomic mass is 10.0. The van der Waals surface area contributed by atoms with E-state index in [4.69, 9.17) is 5.73 Å². The van der Waals surface area contributed by atoms with Gasteiger partial charge in [-0.1, -0.05) is 13.8 Å². The molecule has 0 spiro atoms. The molecule has 18 heavy (non-hydrogen) atoms. The van der Waals surface area contributed by atoms with Gasteiger partial charge in [0.15, 0.2) is 5.82 Å². The number of amides is 1. The molecule has 1 atom stereocenters. The topological polar surface area (TPSA) is 77.0 Å². The average Bonchev–Trinajstić information content (AvgIpc) is 2.91. The summed E-state index contributed by atoms with van der Waals surface area (Å²) in [5.41, 5.74) is 5.87. The first-order valence-electron chi connectivity index (χ1n) is 6.42. The zero-order valence-electron chi connectivity index (χ0n) is 11.3. The van der Waals surface area contributed by atoms with E-state index in [2.05, 4.69) is 14.8 Å². The Bertz CT molecular complexity index is 440. The minimum absolute atomic E-state index is 0.0413. The van der Waals surface area contributed by atoms with E-state index in [0.717, 1.165) is 31.0 Å². The van der Waals surface area contributed by atoms with Gasteiger partial charge in [0.1, 0.15) is 5.82 Å². The number of carbonyl (C=O) groups excluding carboxylic acids is 1. The van der Waals surface area contributed by atoms with Crippen LogP contribution in [0.4, 0.5) is 0 Å². The molecule has 0 aliphatic carbocycles. The molecule has 0 saturated carbocycles. The fourth-order valence-electron chi connectivity index (χ4n) is 2.16. The molecular weight excluding hydrogens is 230 g/mol. The molecule has 0 bridgehead atoms. The first-order chi connectivity index (χ1) is 8.50. The molecule has 1 amide bonds. The SMILES string of the molecule is CC(C)[C@@H](N)C(=O)N(C)Cc1nnc2n1CCC2. The molecule has 1 aliphatic rings. The van der Waals surface area contributed by atoms with Crippen LogP contribution in [0.25, 0.3) is 0 Å². The van der Waals surface area contributed by atoms with Crippen LogP contribution in [0.5, 0.6) is 0 Å². The van der Waals surface area contributed by atoms with Crippen molar-refractivity contribution in [2.24, 2.45) is 11.7 Å². The number of nitrogens with two attached hydrogens (primary N) is 1. The second-order valence-electron chi connectivity index (χ2n) is 5.25. The van der Waals surface area contributed by atoms with Crippen LogP contribution in [0, 0.1) is 5.92 Å². The molecule has 1 aromatic heterocycles. The number of aromatic nitrogens is 3. The van der Waals surface area contributed by atoms with Gasteiger partial charge in [-0.05, 0) is 12.3 Å². The summed E-state index contributed by atoms with van der Waals surface area (Å²) in [6, 6.07) is -0.448. The van der Waals surface area contributed by atoms with Crippen molar-refractivity contribution in [2.45, 2.75) is 45.8 Å². The van der Waals surface area contributed by atoms with Gasteiger partial charge in [0, 0.05) is 20.0 Å². The van der Waals surface area contributed by atoms with Crippen molar-refractivity contribution < 1.29 is 4.79 Å². The Balaban J connectivity index is 2.03. The average molecular weight is 251 g/mol. The Morgan fingerprint density at radius 1 is 1.50 bits per heavy atom. The van der Waals surface area contributed by atoms with Gasteiger partial charge in [-0.2, -0.15) is 0 Å². The van der Waals surface area contributed by atoms with Crippen LogP contribution in [0.3, 0.4) is 0 Å². The zero-order chi connectivity index (χ0) is 13.3. The molecule has 0 unspecified atom stereocenters. The summed E-state index contributed by atoms with van der Waals surface area (Å²) < 4.78 is 2.10. The van der Waals surface area contributed by atoms with E-state index in [1.807, 2.05) is 13.8 Å². The second kappa shape index (κ2) is 5.06. The highest BCUT2D eigenvalue weighted by molar-refractivity contribution is 5.81. The Hall–Kier alpha value is -1.43. The van der Waals surface area contributed by atoms with Crippen LogP contribution >= 0.6 is 0 Å². The lowest BCUT2D eigenvalue weighted by Crippen LogP contribution is -2.44. The number of likely N-dealkylation sites (N-methyl/N-ethyl adjacent to an activating group) is 1. The van der Waals surface area contributed by atoms with Gasteiger partial charge < -0.3 is 15.2 Å². The fraction of sp³-hybridized carbons (Fsp3) is 0.750. The third-order valence-corrected chi connectivity index (χ3v) is 3.44. The number of fused-ring (bicyclic) bond motifs is 1. The second-order valence-corrected chi connectivity index (χ2v) is 5.25. The molecule has 6 nitrogen and oxygen atoms in total. The highest BCUT2D eigenvalue weighted by Gasteiger charge is 2.24. The smallest absolute Gasteiger partial charge is 0.239 e. The molecule has 2 N–H and O–H groups in total. The van der Waals surface area contributed by atoms with Crippen molar-refractivity contribution in [3.63, 3.8) is 0 Å². The standard InChI is InChI=1S/C12H21N5O/c1-8(2)11(13)12(18)16(3)7-10-15-14-9-5-4-6-17(9)10/h8,11H,4-7,13H2,1-3H3/t11-/m1/s1. The summed E-state index contributed by atoms with van der Waals surface area (Å²) in [6.07, 6.45) is 2.09. The predicted molar refractivity (Wildman–Crippen MR) is 67.6 cm³/mol. The Morgan fingerprint density at radius 3 is 2.89 bits per heavy atom. The molecule has 2 heterocycles. The molecule has 0 saturated heterocycles. The Kier molecular flexibility index (Phi) is 3.65. The van der Waals surface area contributed by atoms with E-state index >= 15 is 0 Å². The van der Waals surface area contributed by atoms with Crippen LogP contribution in [0.15, 0.2) is 0 Å². The minimum Gasteiger partial charge on any atom is -0.337 e. The van der Waals surface area contributed by atoms with E-state index in [1.54, 1.807) is 11.9 Å². The Labute approximate surface area is 107 Å². The number of rotatable bonds is 4. The maximum Gasteiger partial charge on any atom is 0.239 e. The van der Waals surface area contributed by atoms with Crippen molar-refractivity contribution in [3.05, 3.63) is 11.6 Å². The molecule has 1 aromatic rings. The quantitative estimate of drug-likeness (QED) is 0.827. The van der Waals surface area contributed by atoms with E-state index in [9.17, 15) is 4.79 Å².